The largest absolute Gasteiger partial charge is 0.356 e. The van der Waals surface area contributed by atoms with E-state index in [4.69, 9.17) is 0 Å². The maximum absolute atomic E-state index is 12.1. The van der Waals surface area contributed by atoms with Crippen molar-refractivity contribution in [2.24, 2.45) is 0 Å². The fourth-order valence-corrected chi connectivity index (χ4v) is 3.74. The van der Waals surface area contributed by atoms with Crippen LogP contribution in [0.25, 0.3) is 0 Å². The van der Waals surface area contributed by atoms with E-state index in [2.05, 4.69) is 43.2 Å². The molecule has 1 aromatic carbocycles. The first-order valence-electron chi connectivity index (χ1n) is 8.84. The quantitative estimate of drug-likeness (QED) is 0.519. The molecule has 0 aliphatic heterocycles. The molecular weight excluding hydrogens is 396 g/mol. The molecule has 0 radical (unpaired) electrons. The van der Waals surface area contributed by atoms with E-state index < -0.39 is 0 Å². The highest BCUT2D eigenvalue weighted by molar-refractivity contribution is 7.15. The van der Waals surface area contributed by atoms with Gasteiger partial charge in [0, 0.05) is 19.4 Å². The van der Waals surface area contributed by atoms with Crippen molar-refractivity contribution in [2.45, 2.75) is 32.6 Å². The Morgan fingerprint density at radius 1 is 1.00 bits per heavy atom. The number of carbonyl (C=O) groups is 2. The van der Waals surface area contributed by atoms with E-state index in [9.17, 15) is 9.59 Å². The van der Waals surface area contributed by atoms with Crippen LogP contribution in [0, 0.1) is 6.92 Å². The third kappa shape index (κ3) is 6.17. The van der Waals surface area contributed by atoms with Crippen molar-refractivity contribution in [3.05, 3.63) is 50.9 Å². The Morgan fingerprint density at radius 2 is 1.82 bits per heavy atom. The molecule has 0 bridgehead atoms. The van der Waals surface area contributed by atoms with Gasteiger partial charge in [0.1, 0.15) is 10.0 Å². The summed E-state index contributed by atoms with van der Waals surface area (Å²) in [5, 5.41) is 23.2. The van der Waals surface area contributed by atoms with Crippen molar-refractivity contribution in [2.75, 3.05) is 11.9 Å². The average molecular weight is 417 g/mol. The Balaban J connectivity index is 1.36. The van der Waals surface area contributed by atoms with Gasteiger partial charge < -0.3 is 5.32 Å². The zero-order valence-corrected chi connectivity index (χ0v) is 17.0. The lowest BCUT2D eigenvalue weighted by Gasteiger charge is -2.04. The van der Waals surface area contributed by atoms with E-state index in [1.54, 1.807) is 0 Å². The average Bonchev–Trinajstić information content (AvgIpc) is 3.33. The Kier molecular flexibility index (Phi) is 7.15. The molecule has 0 unspecified atom stereocenters. The van der Waals surface area contributed by atoms with Crippen LogP contribution < -0.4 is 10.6 Å². The molecular formula is C18H20N6O2S2. The number of amides is 2. The number of anilines is 1. The second-order valence-electron chi connectivity index (χ2n) is 6.02. The Bertz CT molecular complexity index is 925. The van der Waals surface area contributed by atoms with Crippen molar-refractivity contribution >= 4 is 39.6 Å². The smallest absolute Gasteiger partial charge is 0.288 e. The van der Waals surface area contributed by atoms with Crippen molar-refractivity contribution in [3.63, 3.8) is 0 Å². The maximum Gasteiger partial charge on any atom is 0.288 e. The van der Waals surface area contributed by atoms with Crippen LogP contribution in [-0.2, 0) is 17.6 Å². The second-order valence-corrected chi connectivity index (χ2v) is 8.26. The van der Waals surface area contributed by atoms with Gasteiger partial charge in [0.15, 0.2) is 0 Å². The summed E-state index contributed by atoms with van der Waals surface area (Å²) in [6.45, 7) is 2.45. The first-order chi connectivity index (χ1) is 13.6. The molecule has 3 rings (SSSR count). The molecule has 0 fully saturated rings. The van der Waals surface area contributed by atoms with Gasteiger partial charge in [-0.25, -0.2) is 0 Å². The molecule has 28 heavy (non-hydrogen) atoms. The third-order valence-electron chi connectivity index (χ3n) is 3.78. The second kappa shape index (κ2) is 10.00. The van der Waals surface area contributed by atoms with Gasteiger partial charge in [-0.1, -0.05) is 53.0 Å². The topological polar surface area (TPSA) is 110 Å². The lowest BCUT2D eigenvalue weighted by Crippen LogP contribution is -2.24. The SMILES string of the molecule is Cc1nnc(NC(=O)c2nnc(CCC(=O)NCCCc3ccccc3)s2)s1. The van der Waals surface area contributed by atoms with Gasteiger partial charge >= 0.3 is 0 Å². The number of benzene rings is 1. The van der Waals surface area contributed by atoms with Gasteiger partial charge in [0.2, 0.25) is 16.0 Å². The number of aryl methyl sites for hydroxylation is 3. The van der Waals surface area contributed by atoms with Gasteiger partial charge in [-0.3, -0.25) is 14.9 Å². The summed E-state index contributed by atoms with van der Waals surface area (Å²) < 4.78 is 0. The lowest BCUT2D eigenvalue weighted by atomic mass is 10.1. The Hall–Kier alpha value is -2.72. The minimum absolute atomic E-state index is 0.0291. The fraction of sp³-hybridized carbons (Fsp3) is 0.333. The molecule has 0 atom stereocenters. The van der Waals surface area contributed by atoms with E-state index in [1.807, 2.05) is 25.1 Å². The maximum atomic E-state index is 12.1. The summed E-state index contributed by atoms with van der Waals surface area (Å²) in [7, 11) is 0. The zero-order chi connectivity index (χ0) is 19.8. The first kappa shape index (κ1) is 20.0. The molecule has 0 saturated carbocycles. The third-order valence-corrected chi connectivity index (χ3v) is 5.52. The van der Waals surface area contributed by atoms with Gasteiger partial charge in [-0.05, 0) is 25.3 Å². The van der Waals surface area contributed by atoms with Crippen LogP contribution in [0.2, 0.25) is 0 Å². The van der Waals surface area contributed by atoms with Crippen LogP contribution in [0.5, 0.6) is 0 Å². The summed E-state index contributed by atoms with van der Waals surface area (Å²) >= 11 is 2.47. The molecule has 0 saturated heterocycles. The number of hydrogen-bond acceptors (Lipinski definition) is 8. The van der Waals surface area contributed by atoms with Gasteiger partial charge in [0.25, 0.3) is 5.91 Å². The van der Waals surface area contributed by atoms with Gasteiger partial charge in [-0.15, -0.1) is 20.4 Å². The molecule has 0 aliphatic carbocycles. The summed E-state index contributed by atoms with van der Waals surface area (Å²) in [5.41, 5.74) is 1.26. The van der Waals surface area contributed by atoms with Crippen LogP contribution >= 0.6 is 22.7 Å². The number of carbonyl (C=O) groups excluding carboxylic acids is 2. The van der Waals surface area contributed by atoms with Crippen LogP contribution in [0.4, 0.5) is 5.13 Å². The first-order valence-corrected chi connectivity index (χ1v) is 10.5. The van der Waals surface area contributed by atoms with E-state index in [0.29, 0.717) is 29.5 Å². The van der Waals surface area contributed by atoms with Crippen molar-refractivity contribution < 1.29 is 9.59 Å². The van der Waals surface area contributed by atoms with Crippen molar-refractivity contribution in [3.8, 4) is 0 Å². The predicted molar refractivity (Wildman–Crippen MR) is 109 cm³/mol. The molecule has 10 heteroatoms. The highest BCUT2D eigenvalue weighted by Crippen LogP contribution is 2.17. The number of nitrogens with zero attached hydrogens (tertiary/aromatic N) is 4. The molecule has 8 nitrogen and oxygen atoms in total. The summed E-state index contributed by atoms with van der Waals surface area (Å²) in [4.78, 5) is 24.1. The number of hydrogen-bond donors (Lipinski definition) is 2. The van der Waals surface area contributed by atoms with Crippen molar-refractivity contribution in [1.29, 1.82) is 0 Å². The summed E-state index contributed by atoms with van der Waals surface area (Å²) in [5.74, 6) is -0.399. The molecule has 146 valence electrons. The van der Waals surface area contributed by atoms with E-state index in [0.717, 1.165) is 17.8 Å². The molecule has 2 N–H and O–H groups in total. The van der Waals surface area contributed by atoms with E-state index in [1.165, 1.54) is 28.2 Å². The van der Waals surface area contributed by atoms with Crippen LogP contribution in [0.15, 0.2) is 30.3 Å². The fourth-order valence-electron chi connectivity index (χ4n) is 2.42. The number of aromatic nitrogens is 4. The van der Waals surface area contributed by atoms with Crippen LogP contribution in [0.3, 0.4) is 0 Å². The minimum atomic E-state index is -0.370. The monoisotopic (exact) mass is 416 g/mol. The highest BCUT2D eigenvalue weighted by atomic mass is 32.1. The van der Waals surface area contributed by atoms with Gasteiger partial charge in [0.05, 0.1) is 0 Å². The Labute approximate surface area is 170 Å². The highest BCUT2D eigenvalue weighted by Gasteiger charge is 2.15. The predicted octanol–water partition coefficient (Wildman–Crippen LogP) is 2.63. The number of rotatable bonds is 9. The molecule has 3 aromatic rings. The zero-order valence-electron chi connectivity index (χ0n) is 15.3. The lowest BCUT2D eigenvalue weighted by molar-refractivity contribution is -0.121. The summed E-state index contributed by atoms with van der Waals surface area (Å²) in [6, 6.07) is 10.2. The van der Waals surface area contributed by atoms with Crippen LogP contribution in [-0.4, -0.2) is 38.8 Å². The normalized spacial score (nSPS) is 10.6. The van der Waals surface area contributed by atoms with E-state index >= 15 is 0 Å². The standard InChI is InChI=1S/C18H20N6O2S2/c1-12-21-24-18(27-12)20-16(26)17-23-22-15(28-17)10-9-14(25)19-11-5-8-13-6-3-2-4-7-13/h2-4,6-7H,5,8-11H2,1H3,(H,19,25)(H,20,24,26). The molecule has 0 aliphatic rings. The molecule has 2 aromatic heterocycles. The molecule has 2 heterocycles. The minimum Gasteiger partial charge on any atom is -0.356 e. The van der Waals surface area contributed by atoms with Crippen molar-refractivity contribution in [1.82, 2.24) is 25.7 Å². The Morgan fingerprint density at radius 3 is 2.57 bits per heavy atom. The number of nitrogens with one attached hydrogen (secondary N) is 2. The molecule has 2 amide bonds. The summed E-state index contributed by atoms with van der Waals surface area (Å²) in [6.07, 6.45) is 2.60. The van der Waals surface area contributed by atoms with Gasteiger partial charge in [-0.2, -0.15) is 0 Å². The molecule has 0 spiro atoms. The van der Waals surface area contributed by atoms with E-state index in [-0.39, 0.29) is 16.8 Å². The van der Waals surface area contributed by atoms with Crippen LogP contribution in [0.1, 0.15) is 38.2 Å².